The highest BCUT2D eigenvalue weighted by atomic mass is 16.5. The molecule has 0 fully saturated rings. The van der Waals surface area contributed by atoms with E-state index < -0.39 is 0 Å². The number of pyridine rings is 1. The van der Waals surface area contributed by atoms with E-state index in [1.54, 1.807) is 6.20 Å². The Balaban J connectivity index is 2.11. The van der Waals surface area contributed by atoms with Crippen LogP contribution in [0.5, 0.6) is 5.75 Å². The number of aromatic nitrogens is 1. The summed E-state index contributed by atoms with van der Waals surface area (Å²) in [7, 11) is 0. The van der Waals surface area contributed by atoms with E-state index in [2.05, 4.69) is 10.3 Å². The van der Waals surface area contributed by atoms with Crippen molar-refractivity contribution in [3.05, 3.63) is 47.7 Å². The molecule has 4 nitrogen and oxygen atoms in total. The summed E-state index contributed by atoms with van der Waals surface area (Å²) >= 11 is 0. The summed E-state index contributed by atoms with van der Waals surface area (Å²) in [4.78, 5) is 16.3. The number of carbonyl (C=O) groups excluding carboxylic acids is 1. The number of amides is 1. The monoisotopic (exact) mass is 254 g/mol. The molecule has 0 spiro atoms. The van der Waals surface area contributed by atoms with Gasteiger partial charge in [-0.2, -0.15) is 0 Å². The summed E-state index contributed by atoms with van der Waals surface area (Å²) < 4.78 is 5.54. The van der Waals surface area contributed by atoms with E-state index in [0.717, 1.165) is 16.8 Å². The minimum Gasteiger partial charge on any atom is -0.491 e. The van der Waals surface area contributed by atoms with Gasteiger partial charge in [0.2, 0.25) is 0 Å². The van der Waals surface area contributed by atoms with Crippen molar-refractivity contribution in [1.29, 1.82) is 0 Å². The first-order chi connectivity index (χ1) is 9.25. The molecule has 4 heteroatoms. The van der Waals surface area contributed by atoms with E-state index >= 15 is 0 Å². The summed E-state index contributed by atoms with van der Waals surface area (Å²) in [5, 5.41) is 2.81. The number of nitrogens with one attached hydrogen (secondary N) is 1. The molecule has 1 amide bonds. The normalized spacial score (nSPS) is 14.1. The Morgan fingerprint density at radius 3 is 3.05 bits per heavy atom. The van der Waals surface area contributed by atoms with Crippen LogP contribution >= 0.6 is 0 Å². The van der Waals surface area contributed by atoms with Crippen molar-refractivity contribution in [3.8, 4) is 17.0 Å². The number of nitrogens with zero attached hydrogens (tertiary/aromatic N) is 1. The lowest BCUT2D eigenvalue weighted by atomic mass is 10.0. The Morgan fingerprint density at radius 1 is 1.32 bits per heavy atom. The van der Waals surface area contributed by atoms with Crippen LogP contribution in [0.25, 0.3) is 11.3 Å². The Labute approximate surface area is 111 Å². The first kappa shape index (κ1) is 11.7. The Bertz CT molecular complexity index is 638. The second-order valence-electron chi connectivity index (χ2n) is 4.48. The molecule has 1 aromatic carbocycles. The number of hydrogen-bond donors (Lipinski definition) is 1. The molecule has 2 aromatic rings. The topological polar surface area (TPSA) is 51.2 Å². The van der Waals surface area contributed by atoms with Crippen LogP contribution in [0.2, 0.25) is 0 Å². The van der Waals surface area contributed by atoms with Crippen LogP contribution in [0.1, 0.15) is 15.9 Å². The summed E-state index contributed by atoms with van der Waals surface area (Å²) in [5.41, 5.74) is 3.47. The van der Waals surface area contributed by atoms with Crippen LogP contribution in [0.15, 0.2) is 36.5 Å². The predicted octanol–water partition coefficient (Wildman–Crippen LogP) is 2.18. The lowest BCUT2D eigenvalue weighted by Gasteiger charge is -2.09. The molecule has 96 valence electrons. The zero-order valence-electron chi connectivity index (χ0n) is 10.6. The zero-order chi connectivity index (χ0) is 13.2. The number of carbonyl (C=O) groups is 1. The molecule has 3 rings (SSSR count). The van der Waals surface area contributed by atoms with Gasteiger partial charge in [-0.25, -0.2) is 0 Å². The van der Waals surface area contributed by atoms with Gasteiger partial charge in [-0.3, -0.25) is 9.78 Å². The Morgan fingerprint density at radius 2 is 2.21 bits per heavy atom. The largest absolute Gasteiger partial charge is 0.491 e. The highest BCUT2D eigenvalue weighted by Crippen LogP contribution is 2.28. The smallest absolute Gasteiger partial charge is 0.255 e. The average Bonchev–Trinajstić information content (AvgIpc) is 2.61. The van der Waals surface area contributed by atoms with Crippen molar-refractivity contribution in [3.63, 3.8) is 0 Å². The molecule has 2 heterocycles. The fourth-order valence-electron chi connectivity index (χ4n) is 2.19. The molecule has 0 bridgehead atoms. The lowest BCUT2D eigenvalue weighted by Crippen LogP contribution is -2.24. The number of hydrogen-bond acceptors (Lipinski definition) is 3. The molecular formula is C15H14N2O2. The summed E-state index contributed by atoms with van der Waals surface area (Å²) in [6, 6.07) is 9.52. The maximum absolute atomic E-state index is 12.0. The number of benzene rings is 1. The van der Waals surface area contributed by atoms with Gasteiger partial charge in [0.05, 0.1) is 17.8 Å². The van der Waals surface area contributed by atoms with Crippen LogP contribution in [0.4, 0.5) is 0 Å². The zero-order valence-corrected chi connectivity index (χ0v) is 10.6. The second kappa shape index (κ2) is 4.72. The van der Waals surface area contributed by atoms with Crippen LogP contribution in [0, 0.1) is 6.92 Å². The van der Waals surface area contributed by atoms with E-state index in [0.29, 0.717) is 24.5 Å². The highest BCUT2D eigenvalue weighted by molar-refractivity contribution is 5.98. The molecule has 0 radical (unpaired) electrons. The van der Waals surface area contributed by atoms with Gasteiger partial charge in [-0.15, -0.1) is 0 Å². The molecule has 1 aliphatic rings. The van der Waals surface area contributed by atoms with E-state index in [4.69, 9.17) is 4.74 Å². The third kappa shape index (κ3) is 2.17. The summed E-state index contributed by atoms with van der Waals surface area (Å²) in [5.74, 6) is 0.537. The fourth-order valence-corrected chi connectivity index (χ4v) is 2.19. The van der Waals surface area contributed by atoms with Gasteiger partial charge in [-0.1, -0.05) is 6.07 Å². The Kier molecular flexibility index (Phi) is 2.91. The van der Waals surface area contributed by atoms with Gasteiger partial charge in [0.15, 0.2) is 0 Å². The fraction of sp³-hybridized carbons (Fsp3) is 0.200. The minimum absolute atomic E-state index is 0.0945. The van der Waals surface area contributed by atoms with Gasteiger partial charge in [0.25, 0.3) is 5.91 Å². The van der Waals surface area contributed by atoms with Crippen LogP contribution in [-0.2, 0) is 0 Å². The maximum Gasteiger partial charge on any atom is 0.255 e. The molecule has 0 saturated heterocycles. The van der Waals surface area contributed by atoms with Crippen molar-refractivity contribution in [2.24, 2.45) is 0 Å². The SMILES string of the molecule is Cc1cccnc1-c1ccc2c(c1)C(=O)NCCO2. The van der Waals surface area contributed by atoms with Crippen molar-refractivity contribution in [2.75, 3.05) is 13.2 Å². The van der Waals surface area contributed by atoms with Crippen molar-refractivity contribution in [1.82, 2.24) is 10.3 Å². The number of aryl methyl sites for hydroxylation is 1. The van der Waals surface area contributed by atoms with Gasteiger partial charge in [0.1, 0.15) is 12.4 Å². The standard InChI is InChI=1S/C15H14N2O2/c1-10-3-2-6-16-14(10)11-4-5-13-12(9-11)15(18)17-7-8-19-13/h2-6,9H,7-8H2,1H3,(H,17,18). The van der Waals surface area contributed by atoms with E-state index in [1.165, 1.54) is 0 Å². The summed E-state index contributed by atoms with van der Waals surface area (Å²) in [6.45, 7) is 3.04. The van der Waals surface area contributed by atoms with Gasteiger partial charge >= 0.3 is 0 Å². The number of ether oxygens (including phenoxy) is 1. The number of fused-ring (bicyclic) bond motifs is 1. The second-order valence-corrected chi connectivity index (χ2v) is 4.48. The first-order valence-corrected chi connectivity index (χ1v) is 6.23. The van der Waals surface area contributed by atoms with Gasteiger partial charge < -0.3 is 10.1 Å². The molecule has 0 saturated carbocycles. The van der Waals surface area contributed by atoms with E-state index in [-0.39, 0.29) is 5.91 Å². The Hall–Kier alpha value is -2.36. The highest BCUT2D eigenvalue weighted by Gasteiger charge is 2.17. The summed E-state index contributed by atoms with van der Waals surface area (Å²) in [6.07, 6.45) is 1.75. The first-order valence-electron chi connectivity index (χ1n) is 6.23. The lowest BCUT2D eigenvalue weighted by molar-refractivity contribution is 0.0957. The average molecular weight is 254 g/mol. The molecule has 1 aliphatic heterocycles. The molecule has 19 heavy (non-hydrogen) atoms. The molecular weight excluding hydrogens is 240 g/mol. The van der Waals surface area contributed by atoms with E-state index in [9.17, 15) is 4.79 Å². The third-order valence-corrected chi connectivity index (χ3v) is 3.15. The van der Waals surface area contributed by atoms with Crippen LogP contribution < -0.4 is 10.1 Å². The number of rotatable bonds is 1. The van der Waals surface area contributed by atoms with Crippen LogP contribution in [0.3, 0.4) is 0 Å². The third-order valence-electron chi connectivity index (χ3n) is 3.15. The quantitative estimate of drug-likeness (QED) is 0.848. The van der Waals surface area contributed by atoms with Crippen molar-refractivity contribution < 1.29 is 9.53 Å². The van der Waals surface area contributed by atoms with Gasteiger partial charge in [0, 0.05) is 11.8 Å². The molecule has 0 unspecified atom stereocenters. The molecule has 1 N–H and O–H groups in total. The predicted molar refractivity (Wildman–Crippen MR) is 72.2 cm³/mol. The molecule has 0 aliphatic carbocycles. The van der Waals surface area contributed by atoms with Gasteiger partial charge in [-0.05, 0) is 36.8 Å². The van der Waals surface area contributed by atoms with Crippen molar-refractivity contribution in [2.45, 2.75) is 6.92 Å². The van der Waals surface area contributed by atoms with Crippen molar-refractivity contribution >= 4 is 5.91 Å². The molecule has 0 atom stereocenters. The minimum atomic E-state index is -0.0945. The maximum atomic E-state index is 12.0. The van der Waals surface area contributed by atoms with E-state index in [1.807, 2.05) is 37.3 Å². The van der Waals surface area contributed by atoms with Crippen LogP contribution in [-0.4, -0.2) is 24.0 Å². The molecule has 1 aromatic heterocycles.